The fourth-order valence-electron chi connectivity index (χ4n) is 2.82. The molecule has 0 amide bonds. The summed E-state index contributed by atoms with van der Waals surface area (Å²) in [5, 5.41) is 16.1. The number of rotatable bonds is 4. The van der Waals surface area contributed by atoms with Gasteiger partial charge in [-0.3, -0.25) is 4.90 Å². The predicted octanol–water partition coefficient (Wildman–Crippen LogP) is 1.20. The molecule has 0 radical (unpaired) electrons. The van der Waals surface area contributed by atoms with Crippen molar-refractivity contribution in [3.8, 4) is 0 Å². The molecule has 1 fully saturated rings. The standard InChI is InChI=1S/C14H28N6/c1-6-7-11-8-15-12(14(2,3)4)9-20(11)10-13-16-18-19(5)17-13/h11-12,15H,6-10H2,1-5H3. The van der Waals surface area contributed by atoms with Crippen LogP contribution in [-0.2, 0) is 13.6 Å². The molecule has 2 heterocycles. The topological polar surface area (TPSA) is 58.9 Å². The maximum absolute atomic E-state index is 4.32. The fraction of sp³-hybridized carbons (Fsp3) is 0.929. The largest absolute Gasteiger partial charge is 0.311 e. The molecule has 0 spiro atoms. The first-order chi connectivity index (χ1) is 9.40. The second-order valence-electron chi connectivity index (χ2n) is 6.89. The van der Waals surface area contributed by atoms with E-state index in [1.54, 1.807) is 0 Å². The average molecular weight is 280 g/mol. The van der Waals surface area contributed by atoms with E-state index >= 15 is 0 Å². The summed E-state index contributed by atoms with van der Waals surface area (Å²) in [4.78, 5) is 4.06. The Morgan fingerprint density at radius 1 is 1.35 bits per heavy atom. The van der Waals surface area contributed by atoms with E-state index in [2.05, 4.69) is 53.3 Å². The van der Waals surface area contributed by atoms with E-state index in [9.17, 15) is 0 Å². The summed E-state index contributed by atoms with van der Waals surface area (Å²) < 4.78 is 0. The molecule has 1 saturated heterocycles. The van der Waals surface area contributed by atoms with Crippen molar-refractivity contribution in [2.75, 3.05) is 13.1 Å². The van der Waals surface area contributed by atoms with Crippen LogP contribution in [0.5, 0.6) is 0 Å². The van der Waals surface area contributed by atoms with Crippen molar-refractivity contribution in [2.24, 2.45) is 12.5 Å². The molecule has 2 atom stereocenters. The van der Waals surface area contributed by atoms with Crippen LogP contribution < -0.4 is 5.32 Å². The van der Waals surface area contributed by atoms with Crippen molar-refractivity contribution in [3.05, 3.63) is 5.82 Å². The predicted molar refractivity (Wildman–Crippen MR) is 79.1 cm³/mol. The molecular formula is C14H28N6. The van der Waals surface area contributed by atoms with Crippen LogP contribution in [0.15, 0.2) is 0 Å². The maximum Gasteiger partial charge on any atom is 0.188 e. The SMILES string of the molecule is CCCC1CNC(C(C)(C)C)CN1Cc1nnn(C)n1. The van der Waals surface area contributed by atoms with Crippen molar-refractivity contribution >= 4 is 0 Å². The minimum Gasteiger partial charge on any atom is -0.311 e. The Balaban J connectivity index is 2.06. The Morgan fingerprint density at radius 3 is 2.65 bits per heavy atom. The number of hydrogen-bond acceptors (Lipinski definition) is 5. The fourth-order valence-corrected chi connectivity index (χ4v) is 2.82. The first kappa shape index (κ1) is 15.4. The van der Waals surface area contributed by atoms with Crippen molar-refractivity contribution in [1.29, 1.82) is 0 Å². The Labute approximate surface area is 121 Å². The Bertz CT molecular complexity index is 422. The van der Waals surface area contributed by atoms with Gasteiger partial charge in [0.25, 0.3) is 0 Å². The van der Waals surface area contributed by atoms with Gasteiger partial charge in [-0.25, -0.2) is 0 Å². The lowest BCUT2D eigenvalue weighted by Crippen LogP contribution is -2.59. The van der Waals surface area contributed by atoms with E-state index < -0.39 is 0 Å². The average Bonchev–Trinajstić information content (AvgIpc) is 2.76. The molecule has 0 aromatic carbocycles. The Morgan fingerprint density at radius 2 is 2.10 bits per heavy atom. The summed E-state index contributed by atoms with van der Waals surface area (Å²) >= 11 is 0. The summed E-state index contributed by atoms with van der Waals surface area (Å²) in [5.74, 6) is 0.822. The smallest absolute Gasteiger partial charge is 0.188 e. The summed E-state index contributed by atoms with van der Waals surface area (Å²) in [5.41, 5.74) is 0.269. The highest BCUT2D eigenvalue weighted by Crippen LogP contribution is 2.25. The van der Waals surface area contributed by atoms with Crippen molar-refractivity contribution in [1.82, 2.24) is 30.4 Å². The van der Waals surface area contributed by atoms with Crippen LogP contribution in [-0.4, -0.2) is 50.3 Å². The van der Waals surface area contributed by atoms with E-state index in [1.165, 1.54) is 17.6 Å². The van der Waals surface area contributed by atoms with Gasteiger partial charge < -0.3 is 5.32 Å². The Hall–Kier alpha value is -1.01. The molecule has 0 saturated carbocycles. The van der Waals surface area contributed by atoms with Crippen molar-refractivity contribution in [2.45, 2.75) is 59.2 Å². The minimum absolute atomic E-state index is 0.269. The zero-order valence-corrected chi connectivity index (χ0v) is 13.4. The van der Waals surface area contributed by atoms with Crippen LogP contribution >= 0.6 is 0 Å². The van der Waals surface area contributed by atoms with E-state index in [4.69, 9.17) is 0 Å². The van der Waals surface area contributed by atoms with Gasteiger partial charge in [-0.1, -0.05) is 34.1 Å². The molecule has 1 aliphatic heterocycles. The number of hydrogen-bond donors (Lipinski definition) is 1. The van der Waals surface area contributed by atoms with Gasteiger partial charge in [-0.15, -0.1) is 10.2 Å². The van der Waals surface area contributed by atoms with Crippen LogP contribution in [0, 0.1) is 5.41 Å². The molecule has 1 aromatic heterocycles. The molecule has 1 aromatic rings. The molecule has 1 aliphatic rings. The second-order valence-corrected chi connectivity index (χ2v) is 6.89. The minimum atomic E-state index is 0.269. The molecule has 114 valence electrons. The number of tetrazole rings is 1. The van der Waals surface area contributed by atoms with Crippen LogP contribution in [0.25, 0.3) is 0 Å². The molecule has 1 N–H and O–H groups in total. The lowest BCUT2D eigenvalue weighted by atomic mass is 9.84. The van der Waals surface area contributed by atoms with Gasteiger partial charge >= 0.3 is 0 Å². The highest BCUT2D eigenvalue weighted by atomic mass is 15.6. The maximum atomic E-state index is 4.32. The zero-order valence-electron chi connectivity index (χ0n) is 13.4. The Kier molecular flexibility index (Phi) is 4.75. The number of aromatic nitrogens is 4. The lowest BCUT2D eigenvalue weighted by molar-refractivity contribution is 0.0726. The third-order valence-electron chi connectivity index (χ3n) is 4.09. The molecule has 20 heavy (non-hydrogen) atoms. The highest BCUT2D eigenvalue weighted by Gasteiger charge is 2.34. The lowest BCUT2D eigenvalue weighted by Gasteiger charge is -2.44. The molecule has 6 nitrogen and oxygen atoms in total. The summed E-state index contributed by atoms with van der Waals surface area (Å²) in [6.07, 6.45) is 2.42. The van der Waals surface area contributed by atoms with Gasteiger partial charge in [0.15, 0.2) is 5.82 Å². The van der Waals surface area contributed by atoms with Gasteiger partial charge in [-0.05, 0) is 17.0 Å². The van der Waals surface area contributed by atoms with Crippen LogP contribution in [0.1, 0.15) is 46.4 Å². The van der Waals surface area contributed by atoms with Crippen molar-refractivity contribution < 1.29 is 0 Å². The van der Waals surface area contributed by atoms with Crippen LogP contribution in [0.4, 0.5) is 0 Å². The van der Waals surface area contributed by atoms with E-state index in [0.29, 0.717) is 12.1 Å². The van der Waals surface area contributed by atoms with Gasteiger partial charge in [0.1, 0.15) is 0 Å². The second kappa shape index (κ2) is 6.18. The third-order valence-corrected chi connectivity index (χ3v) is 4.09. The van der Waals surface area contributed by atoms with Crippen molar-refractivity contribution in [3.63, 3.8) is 0 Å². The molecule has 6 heteroatoms. The third kappa shape index (κ3) is 3.76. The zero-order chi connectivity index (χ0) is 14.8. The van der Waals surface area contributed by atoms with Gasteiger partial charge in [-0.2, -0.15) is 4.80 Å². The monoisotopic (exact) mass is 280 g/mol. The van der Waals surface area contributed by atoms with Gasteiger partial charge in [0.2, 0.25) is 0 Å². The number of aryl methyl sites for hydroxylation is 1. The molecule has 0 aliphatic carbocycles. The molecule has 2 rings (SSSR count). The molecule has 0 bridgehead atoms. The normalized spacial score (nSPS) is 25.1. The molecule has 2 unspecified atom stereocenters. The van der Waals surface area contributed by atoms with E-state index in [-0.39, 0.29) is 5.41 Å². The number of nitrogens with zero attached hydrogens (tertiary/aromatic N) is 5. The van der Waals surface area contributed by atoms with E-state index in [1.807, 2.05) is 7.05 Å². The summed E-state index contributed by atoms with van der Waals surface area (Å²) in [6.45, 7) is 12.0. The van der Waals surface area contributed by atoms with Crippen LogP contribution in [0.3, 0.4) is 0 Å². The number of piperazine rings is 1. The quantitative estimate of drug-likeness (QED) is 0.898. The first-order valence-electron chi connectivity index (χ1n) is 7.60. The number of nitrogens with one attached hydrogen (secondary N) is 1. The highest BCUT2D eigenvalue weighted by molar-refractivity contribution is 4.93. The summed E-state index contributed by atoms with van der Waals surface area (Å²) in [6, 6.07) is 1.08. The summed E-state index contributed by atoms with van der Waals surface area (Å²) in [7, 11) is 1.82. The first-order valence-corrected chi connectivity index (χ1v) is 7.60. The molecular weight excluding hydrogens is 252 g/mol. The van der Waals surface area contributed by atoms with Gasteiger partial charge in [0, 0.05) is 25.2 Å². The van der Waals surface area contributed by atoms with Crippen LogP contribution in [0.2, 0.25) is 0 Å². The van der Waals surface area contributed by atoms with E-state index in [0.717, 1.165) is 25.5 Å². The van der Waals surface area contributed by atoms with Gasteiger partial charge in [0.05, 0.1) is 13.6 Å².